The lowest BCUT2D eigenvalue weighted by molar-refractivity contribution is 0.626. The molecule has 0 aliphatic heterocycles. The highest BCUT2D eigenvalue weighted by Gasteiger charge is 2.35. The normalized spacial score (nSPS) is 13.3. The fourth-order valence-electron chi connectivity index (χ4n) is 1.97. The van der Waals surface area contributed by atoms with Gasteiger partial charge in [-0.2, -0.15) is 0 Å². The zero-order valence-electron chi connectivity index (χ0n) is 9.89. The van der Waals surface area contributed by atoms with Gasteiger partial charge < -0.3 is 0 Å². The van der Waals surface area contributed by atoms with E-state index in [-0.39, 0.29) is 5.82 Å². The van der Waals surface area contributed by atoms with E-state index in [1.165, 1.54) is 12.1 Å². The van der Waals surface area contributed by atoms with E-state index in [0.717, 1.165) is 0 Å². The molecule has 1 unspecified atom stereocenters. The van der Waals surface area contributed by atoms with Crippen LogP contribution >= 0.6 is 58.0 Å². The van der Waals surface area contributed by atoms with Crippen molar-refractivity contribution in [3.05, 3.63) is 69.5 Å². The van der Waals surface area contributed by atoms with Crippen molar-refractivity contribution in [1.82, 2.24) is 0 Å². The predicted octanol–water partition coefficient (Wildman–Crippen LogP) is 6.63. The van der Waals surface area contributed by atoms with Crippen LogP contribution in [0.5, 0.6) is 0 Å². The summed E-state index contributed by atoms with van der Waals surface area (Å²) in [5.41, 5.74) is 1.30. The van der Waals surface area contributed by atoms with E-state index in [2.05, 4.69) is 0 Å². The molecule has 0 spiro atoms. The highest BCUT2D eigenvalue weighted by molar-refractivity contribution is 6.68. The molecular weight excluding hydrogens is 364 g/mol. The lowest BCUT2D eigenvalue weighted by Crippen LogP contribution is -2.18. The van der Waals surface area contributed by atoms with Crippen molar-refractivity contribution >= 4 is 58.0 Å². The molecule has 2 aromatic carbocycles. The zero-order chi connectivity index (χ0) is 14.9. The summed E-state index contributed by atoms with van der Waals surface area (Å²) in [7, 11) is 0. The smallest absolute Gasteiger partial charge is 0.201 e. The van der Waals surface area contributed by atoms with Crippen LogP contribution in [0.4, 0.5) is 4.39 Å². The maximum absolute atomic E-state index is 13.0. The summed E-state index contributed by atoms with van der Waals surface area (Å²) >= 11 is 30.2. The van der Waals surface area contributed by atoms with E-state index in [1.54, 1.807) is 30.3 Å². The third-order valence-corrected chi connectivity index (χ3v) is 3.84. The van der Waals surface area contributed by atoms with Gasteiger partial charge in [0.05, 0.1) is 5.92 Å². The molecule has 2 rings (SSSR count). The number of alkyl halides is 3. The minimum absolute atomic E-state index is 0.360. The van der Waals surface area contributed by atoms with E-state index in [9.17, 15) is 4.39 Å². The van der Waals surface area contributed by atoms with Crippen LogP contribution in [0.15, 0.2) is 42.5 Å². The zero-order valence-corrected chi connectivity index (χ0v) is 13.7. The van der Waals surface area contributed by atoms with Crippen molar-refractivity contribution in [2.45, 2.75) is 9.71 Å². The molecule has 0 radical (unpaired) electrons. The maximum Gasteiger partial charge on any atom is 0.201 e. The van der Waals surface area contributed by atoms with E-state index in [1.807, 2.05) is 0 Å². The average Bonchev–Trinajstić information content (AvgIpc) is 2.29. The van der Waals surface area contributed by atoms with Crippen LogP contribution in [0.25, 0.3) is 0 Å². The van der Waals surface area contributed by atoms with Crippen LogP contribution in [-0.4, -0.2) is 3.79 Å². The molecule has 106 valence electrons. The summed E-state index contributed by atoms with van der Waals surface area (Å²) in [6, 6.07) is 10.7. The summed E-state index contributed by atoms with van der Waals surface area (Å²) in [6.07, 6.45) is 0. The van der Waals surface area contributed by atoms with Gasteiger partial charge in [0.2, 0.25) is 3.79 Å². The second kappa shape index (κ2) is 6.29. The molecule has 0 N–H and O–H groups in total. The first-order chi connectivity index (χ1) is 9.27. The molecule has 6 heteroatoms. The molecule has 0 bridgehead atoms. The highest BCUT2D eigenvalue weighted by atomic mass is 35.6. The van der Waals surface area contributed by atoms with Crippen molar-refractivity contribution < 1.29 is 4.39 Å². The van der Waals surface area contributed by atoms with Gasteiger partial charge in [-0.3, -0.25) is 0 Å². The van der Waals surface area contributed by atoms with E-state index in [0.29, 0.717) is 21.2 Å². The minimum Gasteiger partial charge on any atom is -0.207 e. The van der Waals surface area contributed by atoms with Gasteiger partial charge in [-0.15, -0.1) is 0 Å². The first-order valence-corrected chi connectivity index (χ1v) is 7.44. The van der Waals surface area contributed by atoms with Gasteiger partial charge in [0.1, 0.15) is 5.82 Å². The standard InChI is InChI=1S/C14H8Cl5F/c15-10-5-9(6-11(16)7-10)13(14(17,18)19)8-1-3-12(20)4-2-8/h1-7,13H. The maximum atomic E-state index is 13.0. The van der Waals surface area contributed by atoms with Crippen molar-refractivity contribution in [2.75, 3.05) is 0 Å². The van der Waals surface area contributed by atoms with Gasteiger partial charge in [0.25, 0.3) is 0 Å². The van der Waals surface area contributed by atoms with Gasteiger partial charge in [0.15, 0.2) is 0 Å². The van der Waals surface area contributed by atoms with Crippen molar-refractivity contribution in [1.29, 1.82) is 0 Å². The van der Waals surface area contributed by atoms with Crippen molar-refractivity contribution in [3.63, 3.8) is 0 Å². The molecule has 0 amide bonds. The van der Waals surface area contributed by atoms with Gasteiger partial charge in [-0.05, 0) is 41.5 Å². The Kier molecular flexibility index (Phi) is 5.09. The molecule has 0 fully saturated rings. The van der Waals surface area contributed by atoms with Crippen LogP contribution in [-0.2, 0) is 0 Å². The molecule has 0 saturated heterocycles. The van der Waals surface area contributed by atoms with Gasteiger partial charge in [-0.25, -0.2) is 4.39 Å². The number of benzene rings is 2. The summed E-state index contributed by atoms with van der Waals surface area (Å²) in [5.74, 6) is -0.967. The van der Waals surface area contributed by atoms with E-state index < -0.39 is 9.71 Å². The summed E-state index contributed by atoms with van der Waals surface area (Å²) in [5, 5.41) is 0.878. The third kappa shape index (κ3) is 3.93. The first kappa shape index (κ1) is 16.2. The molecule has 0 heterocycles. The lowest BCUT2D eigenvalue weighted by Gasteiger charge is -2.25. The Morgan fingerprint density at radius 2 is 1.30 bits per heavy atom. The van der Waals surface area contributed by atoms with E-state index in [4.69, 9.17) is 58.0 Å². The molecule has 1 atom stereocenters. The average molecular weight is 372 g/mol. The number of hydrogen-bond donors (Lipinski definition) is 0. The number of rotatable bonds is 2. The number of hydrogen-bond acceptors (Lipinski definition) is 0. The lowest BCUT2D eigenvalue weighted by atomic mass is 9.92. The Morgan fingerprint density at radius 3 is 1.75 bits per heavy atom. The van der Waals surface area contributed by atoms with E-state index >= 15 is 0 Å². The van der Waals surface area contributed by atoms with Crippen LogP contribution in [0.2, 0.25) is 10.0 Å². The minimum atomic E-state index is -1.62. The van der Waals surface area contributed by atoms with Crippen LogP contribution in [0, 0.1) is 5.82 Å². The largest absolute Gasteiger partial charge is 0.207 e. The van der Waals surface area contributed by atoms with Gasteiger partial charge in [0, 0.05) is 10.0 Å². The van der Waals surface area contributed by atoms with Crippen LogP contribution in [0.3, 0.4) is 0 Å². The molecule has 2 aromatic rings. The SMILES string of the molecule is Fc1ccc(C(c2cc(Cl)cc(Cl)c2)C(Cl)(Cl)Cl)cc1. The number of halogens is 6. The van der Waals surface area contributed by atoms with Crippen LogP contribution < -0.4 is 0 Å². The van der Waals surface area contributed by atoms with Crippen molar-refractivity contribution in [2.24, 2.45) is 0 Å². The molecule has 0 nitrogen and oxygen atoms in total. The predicted molar refractivity (Wildman–Crippen MR) is 85.0 cm³/mol. The Balaban J connectivity index is 2.56. The third-order valence-electron chi connectivity index (χ3n) is 2.75. The summed E-state index contributed by atoms with van der Waals surface area (Å²) in [6.45, 7) is 0. The second-order valence-electron chi connectivity index (χ2n) is 4.23. The molecule has 0 aliphatic carbocycles. The fraction of sp³-hybridized carbons (Fsp3) is 0.143. The summed E-state index contributed by atoms with van der Waals surface area (Å²) in [4.78, 5) is 0. The van der Waals surface area contributed by atoms with Gasteiger partial charge in [-0.1, -0.05) is 70.1 Å². The van der Waals surface area contributed by atoms with Gasteiger partial charge >= 0.3 is 0 Å². The monoisotopic (exact) mass is 370 g/mol. The highest BCUT2D eigenvalue weighted by Crippen LogP contribution is 2.46. The molecule has 0 saturated carbocycles. The quantitative estimate of drug-likeness (QED) is 0.519. The first-order valence-electron chi connectivity index (χ1n) is 5.55. The van der Waals surface area contributed by atoms with Crippen LogP contribution in [0.1, 0.15) is 17.0 Å². The molecule has 0 aliphatic rings. The van der Waals surface area contributed by atoms with Crippen molar-refractivity contribution in [3.8, 4) is 0 Å². The Hall–Kier alpha value is -0.180. The Labute approximate surface area is 141 Å². The second-order valence-corrected chi connectivity index (χ2v) is 7.47. The Morgan fingerprint density at radius 1 is 0.800 bits per heavy atom. The molecular formula is C14H8Cl5F. The fourth-order valence-corrected chi connectivity index (χ4v) is 3.27. The topological polar surface area (TPSA) is 0 Å². The summed E-state index contributed by atoms with van der Waals surface area (Å²) < 4.78 is 11.4. The molecule has 20 heavy (non-hydrogen) atoms. The Bertz CT molecular complexity index is 584. The molecule has 0 aromatic heterocycles.